The van der Waals surface area contributed by atoms with Gasteiger partial charge in [0.05, 0.1) is 13.2 Å². The molecule has 0 amide bonds. The lowest BCUT2D eigenvalue weighted by Crippen LogP contribution is -2.36. The minimum atomic E-state index is -0.393. The van der Waals surface area contributed by atoms with Crippen LogP contribution in [0.1, 0.15) is 21.2 Å². The van der Waals surface area contributed by atoms with E-state index in [1.165, 1.54) is 23.1 Å². The molecule has 8 heteroatoms. The number of aromatic nitrogens is 3. The SMILES string of the molecule is O=C(c1c[nH]c2ccccc12)C(Sc1nnc(N2CCOCC2)s1)c1ccccc1. The minimum Gasteiger partial charge on any atom is -0.378 e. The zero-order valence-corrected chi connectivity index (χ0v) is 17.8. The lowest BCUT2D eigenvalue weighted by atomic mass is 10.0. The van der Waals surface area contributed by atoms with Crippen molar-refractivity contribution in [1.29, 1.82) is 0 Å². The Bertz CT molecular complexity index is 1150. The van der Waals surface area contributed by atoms with E-state index in [-0.39, 0.29) is 5.78 Å². The molecule has 5 rings (SSSR count). The number of rotatable bonds is 6. The highest BCUT2D eigenvalue weighted by atomic mass is 32.2. The largest absolute Gasteiger partial charge is 0.378 e. The number of H-pyrrole nitrogens is 1. The number of thioether (sulfide) groups is 1. The van der Waals surface area contributed by atoms with Crippen LogP contribution in [0.3, 0.4) is 0 Å². The van der Waals surface area contributed by atoms with Gasteiger partial charge in [-0.1, -0.05) is 71.6 Å². The second-order valence-electron chi connectivity index (χ2n) is 6.97. The van der Waals surface area contributed by atoms with E-state index in [0.29, 0.717) is 18.8 Å². The highest BCUT2D eigenvalue weighted by Crippen LogP contribution is 2.41. The number of morpholine rings is 1. The van der Waals surface area contributed by atoms with Gasteiger partial charge in [0, 0.05) is 35.8 Å². The van der Waals surface area contributed by atoms with Gasteiger partial charge in [-0.3, -0.25) is 4.79 Å². The van der Waals surface area contributed by atoms with Crippen molar-refractivity contribution in [2.45, 2.75) is 9.59 Å². The number of nitrogens with one attached hydrogen (secondary N) is 1. The topological polar surface area (TPSA) is 71.1 Å². The first-order chi connectivity index (χ1) is 14.8. The molecular weight excluding hydrogens is 416 g/mol. The maximum Gasteiger partial charge on any atom is 0.209 e. The van der Waals surface area contributed by atoms with Crippen molar-refractivity contribution in [2.75, 3.05) is 31.2 Å². The number of Topliss-reactive ketones (excluding diaryl/α,β-unsaturated/α-hetero) is 1. The summed E-state index contributed by atoms with van der Waals surface area (Å²) in [6.07, 6.45) is 1.81. The number of fused-ring (bicyclic) bond motifs is 1. The number of hydrogen-bond acceptors (Lipinski definition) is 7. The average Bonchev–Trinajstić information content (AvgIpc) is 3.45. The van der Waals surface area contributed by atoms with Gasteiger partial charge in [0.25, 0.3) is 0 Å². The lowest BCUT2D eigenvalue weighted by molar-refractivity contribution is 0.0991. The highest BCUT2D eigenvalue weighted by Gasteiger charge is 2.27. The van der Waals surface area contributed by atoms with Gasteiger partial charge in [-0.25, -0.2) is 0 Å². The molecule has 0 bridgehead atoms. The molecule has 1 N–H and O–H groups in total. The Balaban J connectivity index is 1.46. The molecule has 4 aromatic rings. The third-order valence-corrected chi connectivity index (χ3v) is 7.41. The Morgan fingerprint density at radius 2 is 1.83 bits per heavy atom. The number of nitrogens with zero attached hydrogens (tertiary/aromatic N) is 3. The molecule has 0 saturated carbocycles. The number of anilines is 1. The molecule has 0 spiro atoms. The standard InChI is InChI=1S/C22H20N4O2S2/c27-19(17-14-23-18-9-5-4-8-16(17)18)20(15-6-2-1-3-7-15)29-22-25-24-21(30-22)26-10-12-28-13-11-26/h1-9,14,20,23H,10-13H2. The summed E-state index contributed by atoms with van der Waals surface area (Å²) in [7, 11) is 0. The molecule has 2 aromatic carbocycles. The van der Waals surface area contributed by atoms with Crippen LogP contribution in [-0.4, -0.2) is 47.3 Å². The van der Waals surface area contributed by atoms with Crippen molar-refractivity contribution in [3.63, 3.8) is 0 Å². The highest BCUT2D eigenvalue weighted by molar-refractivity contribution is 8.02. The summed E-state index contributed by atoms with van der Waals surface area (Å²) in [6, 6.07) is 17.8. The normalized spacial score (nSPS) is 15.4. The summed E-state index contributed by atoms with van der Waals surface area (Å²) in [5, 5.41) is 10.2. The quantitative estimate of drug-likeness (QED) is 0.353. The van der Waals surface area contributed by atoms with Crippen LogP contribution in [0.25, 0.3) is 10.9 Å². The number of ether oxygens (including phenoxy) is 1. The lowest BCUT2D eigenvalue weighted by Gasteiger charge is -2.25. The van der Waals surface area contributed by atoms with Crippen LogP contribution in [0.4, 0.5) is 5.13 Å². The Hall–Kier alpha value is -2.68. The molecule has 6 nitrogen and oxygen atoms in total. The van der Waals surface area contributed by atoms with Crippen LogP contribution in [0.5, 0.6) is 0 Å². The van der Waals surface area contributed by atoms with Crippen molar-refractivity contribution < 1.29 is 9.53 Å². The Morgan fingerprint density at radius 1 is 1.07 bits per heavy atom. The van der Waals surface area contributed by atoms with E-state index in [1.807, 2.05) is 60.8 Å². The molecule has 0 radical (unpaired) electrons. The molecule has 1 fully saturated rings. The summed E-state index contributed by atoms with van der Waals surface area (Å²) in [5.74, 6) is 0.0618. The predicted octanol–water partition coefficient (Wildman–Crippen LogP) is 4.57. The van der Waals surface area contributed by atoms with Crippen LogP contribution < -0.4 is 4.90 Å². The van der Waals surface area contributed by atoms with E-state index in [2.05, 4.69) is 20.1 Å². The number of carbonyl (C=O) groups is 1. The number of para-hydroxylation sites is 1. The average molecular weight is 437 g/mol. The van der Waals surface area contributed by atoms with Gasteiger partial charge in [0.2, 0.25) is 5.13 Å². The van der Waals surface area contributed by atoms with Crippen molar-refractivity contribution >= 4 is 44.9 Å². The fraction of sp³-hybridized carbons (Fsp3) is 0.227. The molecular formula is C22H20N4O2S2. The second-order valence-corrected chi connectivity index (χ2v) is 9.28. The first-order valence-corrected chi connectivity index (χ1v) is 11.5. The number of hydrogen-bond donors (Lipinski definition) is 1. The second kappa shape index (κ2) is 8.59. The van der Waals surface area contributed by atoms with Gasteiger partial charge in [-0.2, -0.15) is 0 Å². The first-order valence-electron chi connectivity index (χ1n) is 9.78. The van der Waals surface area contributed by atoms with E-state index in [4.69, 9.17) is 4.74 Å². The summed E-state index contributed by atoms with van der Waals surface area (Å²) >= 11 is 3.00. The van der Waals surface area contributed by atoms with Crippen LogP contribution in [-0.2, 0) is 4.74 Å². The maximum atomic E-state index is 13.6. The van der Waals surface area contributed by atoms with Gasteiger partial charge in [-0.05, 0) is 11.6 Å². The molecule has 0 aliphatic carbocycles. The molecule has 1 unspecified atom stereocenters. The zero-order chi connectivity index (χ0) is 20.3. The van der Waals surface area contributed by atoms with Crippen molar-refractivity contribution in [1.82, 2.24) is 15.2 Å². The molecule has 2 aromatic heterocycles. The van der Waals surface area contributed by atoms with Crippen LogP contribution in [0.15, 0.2) is 65.1 Å². The summed E-state index contributed by atoms with van der Waals surface area (Å²) in [4.78, 5) is 19.0. The van der Waals surface area contributed by atoms with Gasteiger partial charge >= 0.3 is 0 Å². The minimum absolute atomic E-state index is 0.0618. The summed E-state index contributed by atoms with van der Waals surface area (Å²) in [5.41, 5.74) is 2.62. The molecule has 1 aliphatic heterocycles. The Morgan fingerprint density at radius 3 is 2.67 bits per heavy atom. The molecule has 152 valence electrons. The molecule has 1 aliphatic rings. The van der Waals surface area contributed by atoms with E-state index >= 15 is 0 Å². The van der Waals surface area contributed by atoms with Crippen molar-refractivity contribution in [3.8, 4) is 0 Å². The predicted molar refractivity (Wildman–Crippen MR) is 121 cm³/mol. The summed E-state index contributed by atoms with van der Waals surface area (Å²) < 4.78 is 6.21. The van der Waals surface area contributed by atoms with Gasteiger partial charge in [0.1, 0.15) is 5.25 Å². The third-order valence-electron chi connectivity index (χ3n) is 5.09. The Labute approximate surface area is 182 Å². The van der Waals surface area contributed by atoms with E-state index in [0.717, 1.165) is 39.0 Å². The van der Waals surface area contributed by atoms with E-state index in [9.17, 15) is 4.79 Å². The van der Waals surface area contributed by atoms with Gasteiger partial charge < -0.3 is 14.6 Å². The first kappa shape index (κ1) is 19.3. The molecule has 1 saturated heterocycles. The molecule has 30 heavy (non-hydrogen) atoms. The number of carbonyl (C=O) groups excluding carboxylic acids is 1. The van der Waals surface area contributed by atoms with E-state index < -0.39 is 5.25 Å². The monoisotopic (exact) mass is 436 g/mol. The molecule has 3 heterocycles. The maximum absolute atomic E-state index is 13.6. The summed E-state index contributed by atoms with van der Waals surface area (Å²) in [6.45, 7) is 3.03. The number of benzene rings is 2. The zero-order valence-electron chi connectivity index (χ0n) is 16.2. The smallest absolute Gasteiger partial charge is 0.209 e. The molecule has 1 atom stereocenters. The third kappa shape index (κ3) is 3.86. The van der Waals surface area contributed by atoms with E-state index in [1.54, 1.807) is 0 Å². The van der Waals surface area contributed by atoms with Gasteiger partial charge in [-0.15, -0.1) is 10.2 Å². The number of ketones is 1. The van der Waals surface area contributed by atoms with Crippen LogP contribution in [0, 0.1) is 0 Å². The van der Waals surface area contributed by atoms with Gasteiger partial charge in [0.15, 0.2) is 10.1 Å². The fourth-order valence-electron chi connectivity index (χ4n) is 3.55. The Kier molecular flexibility index (Phi) is 5.52. The fourth-order valence-corrected chi connectivity index (χ4v) is 5.70. The number of aromatic amines is 1. The van der Waals surface area contributed by atoms with Crippen molar-refractivity contribution in [3.05, 3.63) is 71.9 Å². The van der Waals surface area contributed by atoms with Crippen LogP contribution >= 0.6 is 23.1 Å². The van der Waals surface area contributed by atoms with Crippen LogP contribution in [0.2, 0.25) is 0 Å². The van der Waals surface area contributed by atoms with Crippen molar-refractivity contribution in [2.24, 2.45) is 0 Å².